The summed E-state index contributed by atoms with van der Waals surface area (Å²) in [6.45, 7) is 0.927. The van der Waals surface area contributed by atoms with Gasteiger partial charge in [0.2, 0.25) is 5.95 Å². The van der Waals surface area contributed by atoms with E-state index in [-0.39, 0.29) is 0 Å². The molecule has 0 atom stereocenters. The Morgan fingerprint density at radius 3 is 2.67 bits per heavy atom. The summed E-state index contributed by atoms with van der Waals surface area (Å²) in [5.41, 5.74) is 0. The monoisotopic (exact) mass is 245 g/mol. The molecule has 1 heterocycles. The first kappa shape index (κ1) is 12.6. The van der Waals surface area contributed by atoms with E-state index < -0.39 is 0 Å². The SMILES string of the molecule is CSCCCCCNc1ncc(Cl)cn1. The number of aromatic nitrogens is 2. The molecule has 0 aliphatic carbocycles. The van der Waals surface area contributed by atoms with Gasteiger partial charge in [-0.3, -0.25) is 0 Å². The van der Waals surface area contributed by atoms with Crippen LogP contribution in [-0.4, -0.2) is 28.5 Å². The minimum atomic E-state index is 0.570. The number of unbranched alkanes of at least 4 members (excludes halogenated alkanes) is 2. The molecule has 0 aliphatic rings. The topological polar surface area (TPSA) is 37.8 Å². The maximum atomic E-state index is 5.68. The first-order chi connectivity index (χ1) is 7.33. The molecule has 0 unspecified atom stereocenters. The molecule has 1 aromatic heterocycles. The van der Waals surface area contributed by atoms with Gasteiger partial charge in [-0.25, -0.2) is 9.97 Å². The predicted octanol–water partition coefficient (Wildman–Crippen LogP) is 3.08. The molecular weight excluding hydrogens is 230 g/mol. The van der Waals surface area contributed by atoms with Crippen molar-refractivity contribution in [2.45, 2.75) is 19.3 Å². The standard InChI is InChI=1S/C10H16ClN3S/c1-15-6-4-2-3-5-12-10-13-7-9(11)8-14-10/h7-8H,2-6H2,1H3,(H,12,13,14). The molecule has 0 saturated carbocycles. The Bertz CT molecular complexity index is 266. The Morgan fingerprint density at radius 1 is 1.27 bits per heavy atom. The molecule has 0 aliphatic heterocycles. The molecule has 15 heavy (non-hydrogen) atoms. The lowest BCUT2D eigenvalue weighted by molar-refractivity contribution is 0.746. The third kappa shape index (κ3) is 5.85. The van der Waals surface area contributed by atoms with Gasteiger partial charge in [0.15, 0.2) is 0 Å². The molecule has 1 N–H and O–H groups in total. The highest BCUT2D eigenvalue weighted by atomic mass is 35.5. The van der Waals surface area contributed by atoms with Gasteiger partial charge in [-0.2, -0.15) is 11.8 Å². The molecule has 84 valence electrons. The highest BCUT2D eigenvalue weighted by Crippen LogP contribution is 2.06. The fourth-order valence-corrected chi connectivity index (χ4v) is 1.74. The zero-order valence-corrected chi connectivity index (χ0v) is 10.4. The lowest BCUT2D eigenvalue weighted by Crippen LogP contribution is -2.04. The summed E-state index contributed by atoms with van der Waals surface area (Å²) >= 11 is 7.57. The van der Waals surface area contributed by atoms with Crippen LogP contribution in [0.25, 0.3) is 0 Å². The molecular formula is C10H16ClN3S. The molecule has 0 aromatic carbocycles. The van der Waals surface area contributed by atoms with Gasteiger partial charge in [0, 0.05) is 6.54 Å². The van der Waals surface area contributed by atoms with E-state index in [9.17, 15) is 0 Å². The lowest BCUT2D eigenvalue weighted by atomic mass is 10.2. The summed E-state index contributed by atoms with van der Waals surface area (Å²) in [6.07, 6.45) is 9.04. The van der Waals surface area contributed by atoms with Gasteiger partial charge in [-0.1, -0.05) is 18.0 Å². The van der Waals surface area contributed by atoms with Crippen molar-refractivity contribution in [3.05, 3.63) is 17.4 Å². The van der Waals surface area contributed by atoms with Crippen molar-refractivity contribution in [1.29, 1.82) is 0 Å². The van der Waals surface area contributed by atoms with E-state index in [1.807, 2.05) is 11.8 Å². The number of nitrogens with one attached hydrogen (secondary N) is 1. The molecule has 0 spiro atoms. The van der Waals surface area contributed by atoms with E-state index in [2.05, 4.69) is 21.5 Å². The van der Waals surface area contributed by atoms with Crippen molar-refractivity contribution in [2.24, 2.45) is 0 Å². The number of rotatable bonds is 7. The molecule has 3 nitrogen and oxygen atoms in total. The lowest BCUT2D eigenvalue weighted by Gasteiger charge is -2.03. The average molecular weight is 246 g/mol. The van der Waals surface area contributed by atoms with Crippen LogP contribution < -0.4 is 5.32 Å². The van der Waals surface area contributed by atoms with Crippen LogP contribution in [-0.2, 0) is 0 Å². The molecule has 0 saturated heterocycles. The Kier molecular flexibility index (Phi) is 6.52. The maximum Gasteiger partial charge on any atom is 0.222 e. The number of thioether (sulfide) groups is 1. The van der Waals surface area contributed by atoms with Crippen molar-refractivity contribution >= 4 is 29.3 Å². The number of anilines is 1. The van der Waals surface area contributed by atoms with E-state index in [1.54, 1.807) is 12.4 Å². The summed E-state index contributed by atoms with van der Waals surface area (Å²) in [5.74, 6) is 1.90. The van der Waals surface area contributed by atoms with Crippen molar-refractivity contribution in [3.63, 3.8) is 0 Å². The van der Waals surface area contributed by atoms with Crippen molar-refractivity contribution in [2.75, 3.05) is 23.9 Å². The average Bonchev–Trinajstić information content (AvgIpc) is 2.26. The Morgan fingerprint density at radius 2 is 2.00 bits per heavy atom. The Balaban J connectivity index is 2.07. The van der Waals surface area contributed by atoms with E-state index in [0.717, 1.165) is 13.0 Å². The summed E-state index contributed by atoms with van der Waals surface area (Å²) in [5, 5.41) is 3.73. The minimum Gasteiger partial charge on any atom is -0.354 e. The van der Waals surface area contributed by atoms with Gasteiger partial charge < -0.3 is 5.32 Å². The van der Waals surface area contributed by atoms with Crippen molar-refractivity contribution in [1.82, 2.24) is 9.97 Å². The maximum absolute atomic E-state index is 5.68. The number of halogens is 1. The van der Waals surface area contributed by atoms with Crippen LogP contribution in [0, 0.1) is 0 Å². The zero-order chi connectivity index (χ0) is 10.9. The van der Waals surface area contributed by atoms with Crippen molar-refractivity contribution in [3.8, 4) is 0 Å². The second-order valence-corrected chi connectivity index (χ2v) is 4.63. The van der Waals surface area contributed by atoms with Gasteiger partial charge in [0.25, 0.3) is 0 Å². The molecule has 1 rings (SSSR count). The highest BCUT2D eigenvalue weighted by Gasteiger charge is 1.94. The molecule has 0 fully saturated rings. The fourth-order valence-electron chi connectivity index (χ4n) is 1.15. The van der Waals surface area contributed by atoms with Gasteiger partial charge in [-0.15, -0.1) is 0 Å². The summed E-state index contributed by atoms with van der Waals surface area (Å²) in [6, 6.07) is 0. The van der Waals surface area contributed by atoms with E-state index in [4.69, 9.17) is 11.6 Å². The second kappa shape index (κ2) is 7.77. The van der Waals surface area contributed by atoms with Crippen LogP contribution in [0.15, 0.2) is 12.4 Å². The normalized spacial score (nSPS) is 10.3. The zero-order valence-electron chi connectivity index (χ0n) is 8.87. The second-order valence-electron chi connectivity index (χ2n) is 3.21. The van der Waals surface area contributed by atoms with Gasteiger partial charge in [0.1, 0.15) is 0 Å². The van der Waals surface area contributed by atoms with Gasteiger partial charge >= 0.3 is 0 Å². The van der Waals surface area contributed by atoms with E-state index in [1.165, 1.54) is 18.6 Å². The molecule has 5 heteroatoms. The number of nitrogens with zero attached hydrogens (tertiary/aromatic N) is 2. The Hall–Kier alpha value is -0.480. The molecule has 1 aromatic rings. The minimum absolute atomic E-state index is 0.570. The fraction of sp³-hybridized carbons (Fsp3) is 0.600. The molecule has 0 bridgehead atoms. The smallest absolute Gasteiger partial charge is 0.222 e. The first-order valence-corrected chi connectivity index (χ1v) is 6.80. The highest BCUT2D eigenvalue weighted by molar-refractivity contribution is 7.98. The summed E-state index contributed by atoms with van der Waals surface area (Å²) < 4.78 is 0. The van der Waals surface area contributed by atoms with Crippen molar-refractivity contribution < 1.29 is 0 Å². The van der Waals surface area contributed by atoms with E-state index in [0.29, 0.717) is 11.0 Å². The number of hydrogen-bond donors (Lipinski definition) is 1. The summed E-state index contributed by atoms with van der Waals surface area (Å²) in [7, 11) is 0. The predicted molar refractivity (Wildman–Crippen MR) is 67.8 cm³/mol. The van der Waals surface area contributed by atoms with Crippen LogP contribution in [0.5, 0.6) is 0 Å². The largest absolute Gasteiger partial charge is 0.354 e. The van der Waals surface area contributed by atoms with Crippen LogP contribution >= 0.6 is 23.4 Å². The third-order valence-corrected chi connectivity index (χ3v) is 2.82. The quantitative estimate of drug-likeness (QED) is 0.750. The van der Waals surface area contributed by atoms with Crippen LogP contribution in [0.2, 0.25) is 5.02 Å². The van der Waals surface area contributed by atoms with Crippen LogP contribution in [0.4, 0.5) is 5.95 Å². The van der Waals surface area contributed by atoms with Crippen LogP contribution in [0.3, 0.4) is 0 Å². The van der Waals surface area contributed by atoms with Crippen LogP contribution in [0.1, 0.15) is 19.3 Å². The van der Waals surface area contributed by atoms with Gasteiger partial charge in [0.05, 0.1) is 17.4 Å². The molecule has 0 radical (unpaired) electrons. The number of hydrogen-bond acceptors (Lipinski definition) is 4. The Labute approximate surface area is 100 Å². The molecule has 0 amide bonds. The van der Waals surface area contributed by atoms with Gasteiger partial charge in [-0.05, 0) is 24.9 Å². The van der Waals surface area contributed by atoms with E-state index >= 15 is 0 Å². The first-order valence-electron chi connectivity index (χ1n) is 5.03. The summed E-state index contributed by atoms with van der Waals surface area (Å²) in [4.78, 5) is 8.11. The third-order valence-electron chi connectivity index (χ3n) is 1.93.